The van der Waals surface area contributed by atoms with Crippen LogP contribution in [0.15, 0.2) is 84.6 Å². The van der Waals surface area contributed by atoms with E-state index in [-0.39, 0.29) is 5.57 Å². The number of hydrogen-bond donors (Lipinski definition) is 1. The maximum absolute atomic E-state index is 12.8. The summed E-state index contributed by atoms with van der Waals surface area (Å²) in [4.78, 5) is 12.8. The Bertz CT molecular complexity index is 1360. The van der Waals surface area contributed by atoms with Gasteiger partial charge in [-0.25, -0.2) is 0 Å². The van der Waals surface area contributed by atoms with E-state index in [2.05, 4.69) is 35.0 Å². The Morgan fingerprint density at radius 2 is 1.91 bits per heavy atom. The summed E-state index contributed by atoms with van der Waals surface area (Å²) < 4.78 is 7.34. The summed E-state index contributed by atoms with van der Waals surface area (Å²) >= 11 is 0. The van der Waals surface area contributed by atoms with Crippen LogP contribution in [0, 0.1) is 18.3 Å². The van der Waals surface area contributed by atoms with E-state index in [1.165, 1.54) is 11.1 Å². The van der Waals surface area contributed by atoms with Crippen LogP contribution in [-0.2, 0) is 11.3 Å². The third kappa shape index (κ3) is 4.55. The number of benzene rings is 3. The van der Waals surface area contributed by atoms with Crippen molar-refractivity contribution in [2.45, 2.75) is 13.5 Å². The van der Waals surface area contributed by atoms with Gasteiger partial charge in [0.2, 0.25) is 0 Å². The molecule has 1 N–H and O–H groups in total. The molecule has 0 unspecified atom stereocenters. The van der Waals surface area contributed by atoms with Crippen LogP contribution in [0.4, 0.5) is 5.69 Å². The molecule has 0 radical (unpaired) electrons. The zero-order valence-corrected chi connectivity index (χ0v) is 18.0. The van der Waals surface area contributed by atoms with Crippen LogP contribution in [0.25, 0.3) is 17.0 Å². The van der Waals surface area contributed by atoms with Gasteiger partial charge in [0.15, 0.2) is 0 Å². The number of para-hydroxylation sites is 1. The second-order valence-corrected chi connectivity index (χ2v) is 7.57. The average molecular weight is 422 g/mol. The minimum Gasteiger partial charge on any atom is -0.497 e. The first-order chi connectivity index (χ1) is 15.6. The minimum absolute atomic E-state index is 0.0336. The van der Waals surface area contributed by atoms with E-state index in [0.717, 1.165) is 16.5 Å². The molecule has 158 valence electrons. The third-order valence-corrected chi connectivity index (χ3v) is 5.25. The van der Waals surface area contributed by atoms with Gasteiger partial charge in [-0.05, 0) is 36.8 Å². The maximum atomic E-state index is 12.8. The standard InChI is InChI=1S/C27H23N3O2/c1-19-7-5-8-20(13-19)17-30-18-22(25-11-3-4-12-26(25)30)14-21(16-28)27(31)29-23-9-6-10-24(15-23)32-2/h3-15,18H,17H2,1-2H3,(H,29,31). The molecule has 0 aliphatic rings. The molecule has 0 aliphatic carbocycles. The second-order valence-electron chi connectivity index (χ2n) is 7.57. The predicted molar refractivity (Wildman–Crippen MR) is 127 cm³/mol. The van der Waals surface area contributed by atoms with Crippen molar-refractivity contribution in [1.29, 1.82) is 5.26 Å². The number of carbonyl (C=O) groups is 1. The Balaban J connectivity index is 1.67. The number of carbonyl (C=O) groups excluding carboxylic acids is 1. The first-order valence-corrected chi connectivity index (χ1v) is 10.3. The van der Waals surface area contributed by atoms with Gasteiger partial charge in [0, 0.05) is 41.0 Å². The van der Waals surface area contributed by atoms with Crippen molar-refractivity contribution in [2.75, 3.05) is 12.4 Å². The summed E-state index contributed by atoms with van der Waals surface area (Å²) in [6, 6.07) is 25.4. The maximum Gasteiger partial charge on any atom is 0.266 e. The molecule has 1 amide bonds. The lowest BCUT2D eigenvalue weighted by Gasteiger charge is -2.06. The lowest BCUT2D eigenvalue weighted by Crippen LogP contribution is -2.13. The molecule has 5 heteroatoms. The molecule has 1 aromatic heterocycles. The van der Waals surface area contributed by atoms with Crippen molar-refractivity contribution in [1.82, 2.24) is 4.57 Å². The highest BCUT2D eigenvalue weighted by Crippen LogP contribution is 2.25. The number of ether oxygens (including phenoxy) is 1. The SMILES string of the molecule is COc1cccc(NC(=O)C(C#N)=Cc2cn(Cc3cccc(C)c3)c3ccccc23)c1. The molecule has 3 aromatic carbocycles. The van der Waals surface area contributed by atoms with Gasteiger partial charge in [0.25, 0.3) is 5.91 Å². The van der Waals surface area contributed by atoms with Crippen molar-refractivity contribution in [2.24, 2.45) is 0 Å². The van der Waals surface area contributed by atoms with Crippen LogP contribution in [0.5, 0.6) is 5.75 Å². The smallest absolute Gasteiger partial charge is 0.266 e. The van der Waals surface area contributed by atoms with Gasteiger partial charge >= 0.3 is 0 Å². The largest absolute Gasteiger partial charge is 0.497 e. The Kier molecular flexibility index (Phi) is 6.05. The van der Waals surface area contributed by atoms with E-state index in [4.69, 9.17) is 4.74 Å². The molecule has 4 aromatic rings. The van der Waals surface area contributed by atoms with E-state index in [0.29, 0.717) is 18.0 Å². The highest BCUT2D eigenvalue weighted by Gasteiger charge is 2.13. The normalized spacial score (nSPS) is 11.2. The van der Waals surface area contributed by atoms with Crippen LogP contribution < -0.4 is 10.1 Å². The van der Waals surface area contributed by atoms with Crippen molar-refractivity contribution in [3.63, 3.8) is 0 Å². The molecule has 0 spiro atoms. The molecule has 0 bridgehead atoms. The summed E-state index contributed by atoms with van der Waals surface area (Å²) in [5.41, 5.74) is 4.87. The van der Waals surface area contributed by atoms with Gasteiger partial charge < -0.3 is 14.6 Å². The molecule has 32 heavy (non-hydrogen) atoms. The first-order valence-electron chi connectivity index (χ1n) is 10.3. The number of anilines is 1. The van der Waals surface area contributed by atoms with E-state index >= 15 is 0 Å². The molecule has 1 heterocycles. The van der Waals surface area contributed by atoms with E-state index in [9.17, 15) is 10.1 Å². The Morgan fingerprint density at radius 1 is 1.09 bits per heavy atom. The fourth-order valence-electron chi connectivity index (χ4n) is 3.73. The highest BCUT2D eigenvalue weighted by atomic mass is 16.5. The molecule has 4 rings (SSSR count). The minimum atomic E-state index is -0.462. The van der Waals surface area contributed by atoms with Crippen molar-refractivity contribution < 1.29 is 9.53 Å². The van der Waals surface area contributed by atoms with E-state index in [1.807, 2.05) is 42.6 Å². The topological polar surface area (TPSA) is 67.0 Å². The van der Waals surface area contributed by atoms with Gasteiger partial charge in [0.1, 0.15) is 17.4 Å². The number of aryl methyl sites for hydroxylation is 1. The van der Waals surface area contributed by atoms with Gasteiger partial charge in [-0.1, -0.05) is 54.1 Å². The highest BCUT2D eigenvalue weighted by molar-refractivity contribution is 6.10. The van der Waals surface area contributed by atoms with Gasteiger partial charge in [-0.15, -0.1) is 0 Å². The Hall–Kier alpha value is -4.30. The molecular weight excluding hydrogens is 398 g/mol. The fourth-order valence-corrected chi connectivity index (χ4v) is 3.73. The van der Waals surface area contributed by atoms with Gasteiger partial charge in [-0.3, -0.25) is 4.79 Å². The van der Waals surface area contributed by atoms with Gasteiger partial charge in [0.05, 0.1) is 7.11 Å². The number of amides is 1. The van der Waals surface area contributed by atoms with E-state index < -0.39 is 5.91 Å². The van der Waals surface area contributed by atoms with Crippen LogP contribution in [-0.4, -0.2) is 17.6 Å². The third-order valence-electron chi connectivity index (χ3n) is 5.25. The summed E-state index contributed by atoms with van der Waals surface area (Å²) in [6.45, 7) is 2.78. The van der Waals surface area contributed by atoms with Crippen LogP contribution in [0.2, 0.25) is 0 Å². The van der Waals surface area contributed by atoms with Crippen LogP contribution >= 0.6 is 0 Å². The quantitative estimate of drug-likeness (QED) is 0.328. The molecule has 5 nitrogen and oxygen atoms in total. The number of nitrogens with zero attached hydrogens (tertiary/aromatic N) is 2. The number of fused-ring (bicyclic) bond motifs is 1. The van der Waals surface area contributed by atoms with Crippen LogP contribution in [0.1, 0.15) is 16.7 Å². The lowest BCUT2D eigenvalue weighted by molar-refractivity contribution is -0.112. The van der Waals surface area contributed by atoms with E-state index in [1.54, 1.807) is 37.5 Å². The zero-order chi connectivity index (χ0) is 22.5. The predicted octanol–water partition coefficient (Wildman–Crippen LogP) is 5.55. The molecule has 0 saturated heterocycles. The Morgan fingerprint density at radius 3 is 2.69 bits per heavy atom. The number of methoxy groups -OCH3 is 1. The van der Waals surface area contributed by atoms with Crippen molar-refractivity contribution >= 4 is 28.6 Å². The number of aromatic nitrogens is 1. The number of nitrogens with one attached hydrogen (secondary N) is 1. The number of hydrogen-bond acceptors (Lipinski definition) is 3. The fraction of sp³-hybridized carbons (Fsp3) is 0.111. The summed E-state index contributed by atoms with van der Waals surface area (Å²) in [6.07, 6.45) is 3.63. The zero-order valence-electron chi connectivity index (χ0n) is 18.0. The Labute approximate surface area is 187 Å². The van der Waals surface area contributed by atoms with Crippen LogP contribution in [0.3, 0.4) is 0 Å². The average Bonchev–Trinajstić information content (AvgIpc) is 3.14. The molecule has 0 saturated carbocycles. The van der Waals surface area contributed by atoms with Crippen molar-refractivity contribution in [3.8, 4) is 11.8 Å². The molecule has 0 aliphatic heterocycles. The van der Waals surface area contributed by atoms with Gasteiger partial charge in [-0.2, -0.15) is 5.26 Å². The second kappa shape index (κ2) is 9.23. The molecule has 0 atom stereocenters. The number of rotatable bonds is 6. The van der Waals surface area contributed by atoms with Crippen molar-refractivity contribution in [3.05, 3.63) is 101 Å². The summed E-state index contributed by atoms with van der Waals surface area (Å²) in [7, 11) is 1.56. The summed E-state index contributed by atoms with van der Waals surface area (Å²) in [5, 5.41) is 13.4. The first kappa shape index (κ1) is 21.0. The molecule has 0 fully saturated rings. The molecular formula is C27H23N3O2. The number of nitriles is 1. The summed E-state index contributed by atoms with van der Waals surface area (Å²) in [5.74, 6) is 0.167. The lowest BCUT2D eigenvalue weighted by atomic mass is 10.1. The monoisotopic (exact) mass is 421 g/mol.